The zero-order valence-corrected chi connectivity index (χ0v) is 11.5. The van der Waals surface area contributed by atoms with Crippen LogP contribution in [0, 0.1) is 19.7 Å². The van der Waals surface area contributed by atoms with Crippen molar-refractivity contribution in [1.29, 1.82) is 0 Å². The molecule has 0 aromatic heterocycles. The van der Waals surface area contributed by atoms with E-state index in [1.807, 2.05) is 31.2 Å². The number of nitrogens with two attached hydrogens (primary N) is 1. The van der Waals surface area contributed by atoms with Gasteiger partial charge in [-0.1, -0.05) is 24.3 Å². The van der Waals surface area contributed by atoms with Crippen molar-refractivity contribution in [2.45, 2.75) is 19.9 Å². The summed E-state index contributed by atoms with van der Waals surface area (Å²) in [5.74, 6) is -0.826. The van der Waals surface area contributed by atoms with Crippen molar-refractivity contribution in [1.82, 2.24) is 0 Å². The number of halogens is 1. The average Bonchev–Trinajstić information content (AvgIpc) is 2.38. The molecule has 0 bridgehead atoms. The lowest BCUT2D eigenvalue weighted by Gasteiger charge is -2.20. The van der Waals surface area contributed by atoms with Crippen molar-refractivity contribution in [3.05, 3.63) is 65.0 Å². The monoisotopic (exact) mass is 272 g/mol. The van der Waals surface area contributed by atoms with Gasteiger partial charge in [-0.25, -0.2) is 4.39 Å². The lowest BCUT2D eigenvalue weighted by Crippen LogP contribution is -2.28. The van der Waals surface area contributed by atoms with Crippen LogP contribution in [0.4, 0.5) is 10.1 Å². The van der Waals surface area contributed by atoms with E-state index in [0.717, 1.165) is 11.3 Å². The topological polar surface area (TPSA) is 55.1 Å². The van der Waals surface area contributed by atoms with Crippen LogP contribution >= 0.6 is 0 Å². The standard InChI is InChI=1S/C16H17FN2O/c1-10-5-3-4-6-14(10)19-15(16(18)20)13-8-7-12(17)9-11(13)2/h3-9,15,19H,1-2H3,(H2,18,20). The van der Waals surface area contributed by atoms with Crippen LogP contribution in [0.2, 0.25) is 0 Å². The number of carbonyl (C=O) groups is 1. The third kappa shape index (κ3) is 2.96. The fourth-order valence-corrected chi connectivity index (χ4v) is 2.16. The summed E-state index contributed by atoms with van der Waals surface area (Å²) in [4.78, 5) is 11.7. The first kappa shape index (κ1) is 14.1. The number of para-hydroxylation sites is 1. The number of rotatable bonds is 4. The summed E-state index contributed by atoms with van der Waals surface area (Å²) in [6.45, 7) is 3.70. The molecule has 3 nitrogen and oxygen atoms in total. The Morgan fingerprint density at radius 3 is 2.45 bits per heavy atom. The van der Waals surface area contributed by atoms with Crippen LogP contribution in [-0.2, 0) is 4.79 Å². The molecule has 0 fully saturated rings. The number of hydrogen-bond donors (Lipinski definition) is 2. The predicted octanol–water partition coefficient (Wildman–Crippen LogP) is 3.08. The van der Waals surface area contributed by atoms with E-state index in [-0.39, 0.29) is 5.82 Å². The number of amides is 1. The molecule has 0 heterocycles. The smallest absolute Gasteiger partial charge is 0.244 e. The quantitative estimate of drug-likeness (QED) is 0.898. The Bertz CT molecular complexity index is 640. The molecule has 2 aromatic carbocycles. The first-order valence-corrected chi connectivity index (χ1v) is 6.36. The molecule has 3 N–H and O–H groups in total. The van der Waals surface area contributed by atoms with Crippen molar-refractivity contribution in [3.8, 4) is 0 Å². The second-order valence-corrected chi connectivity index (χ2v) is 4.80. The SMILES string of the molecule is Cc1ccccc1NC(C(N)=O)c1ccc(F)cc1C. The zero-order chi connectivity index (χ0) is 14.7. The van der Waals surface area contributed by atoms with E-state index < -0.39 is 11.9 Å². The molecular weight excluding hydrogens is 255 g/mol. The molecule has 0 aliphatic rings. The summed E-state index contributed by atoms with van der Waals surface area (Å²) in [6.07, 6.45) is 0. The Balaban J connectivity index is 2.37. The van der Waals surface area contributed by atoms with Crippen molar-refractivity contribution < 1.29 is 9.18 Å². The predicted molar refractivity (Wildman–Crippen MR) is 77.9 cm³/mol. The normalized spacial score (nSPS) is 11.9. The van der Waals surface area contributed by atoms with Crippen molar-refractivity contribution >= 4 is 11.6 Å². The van der Waals surface area contributed by atoms with Crippen LogP contribution in [0.5, 0.6) is 0 Å². The highest BCUT2D eigenvalue weighted by Crippen LogP contribution is 2.24. The van der Waals surface area contributed by atoms with Gasteiger partial charge in [0.25, 0.3) is 0 Å². The lowest BCUT2D eigenvalue weighted by molar-refractivity contribution is -0.118. The van der Waals surface area contributed by atoms with E-state index in [9.17, 15) is 9.18 Å². The lowest BCUT2D eigenvalue weighted by atomic mass is 10.00. The number of primary amides is 1. The van der Waals surface area contributed by atoms with Gasteiger partial charge in [-0.15, -0.1) is 0 Å². The first-order chi connectivity index (χ1) is 9.49. The van der Waals surface area contributed by atoms with Gasteiger partial charge in [-0.05, 0) is 48.7 Å². The summed E-state index contributed by atoms with van der Waals surface area (Å²) < 4.78 is 13.2. The van der Waals surface area contributed by atoms with Gasteiger partial charge >= 0.3 is 0 Å². The fourth-order valence-electron chi connectivity index (χ4n) is 2.16. The van der Waals surface area contributed by atoms with Crippen LogP contribution in [0.25, 0.3) is 0 Å². The molecule has 0 saturated carbocycles. The van der Waals surface area contributed by atoms with Gasteiger partial charge in [-0.2, -0.15) is 0 Å². The van der Waals surface area contributed by atoms with Crippen LogP contribution in [-0.4, -0.2) is 5.91 Å². The molecule has 2 rings (SSSR count). The number of carbonyl (C=O) groups excluding carboxylic acids is 1. The van der Waals surface area contributed by atoms with Gasteiger partial charge in [0.1, 0.15) is 11.9 Å². The van der Waals surface area contributed by atoms with Crippen LogP contribution < -0.4 is 11.1 Å². The van der Waals surface area contributed by atoms with Gasteiger partial charge < -0.3 is 11.1 Å². The fraction of sp³-hybridized carbons (Fsp3) is 0.188. The molecule has 1 amide bonds. The van der Waals surface area contributed by atoms with E-state index in [0.29, 0.717) is 11.1 Å². The van der Waals surface area contributed by atoms with Crippen molar-refractivity contribution in [3.63, 3.8) is 0 Å². The molecule has 4 heteroatoms. The summed E-state index contributed by atoms with van der Waals surface area (Å²) >= 11 is 0. The van der Waals surface area contributed by atoms with Crippen LogP contribution in [0.1, 0.15) is 22.7 Å². The maximum absolute atomic E-state index is 13.2. The Morgan fingerprint density at radius 2 is 1.85 bits per heavy atom. The largest absolute Gasteiger partial charge is 0.370 e. The second-order valence-electron chi connectivity index (χ2n) is 4.80. The molecule has 1 atom stereocenters. The Kier molecular flexibility index (Phi) is 4.03. The Hall–Kier alpha value is -2.36. The molecule has 1 unspecified atom stereocenters. The van der Waals surface area contributed by atoms with E-state index in [4.69, 9.17) is 5.73 Å². The Morgan fingerprint density at radius 1 is 1.15 bits per heavy atom. The van der Waals surface area contributed by atoms with Gasteiger partial charge in [0.2, 0.25) is 5.91 Å². The summed E-state index contributed by atoms with van der Waals surface area (Å²) in [7, 11) is 0. The minimum atomic E-state index is -0.684. The molecule has 0 saturated heterocycles. The molecule has 0 spiro atoms. The number of anilines is 1. The number of aryl methyl sites for hydroxylation is 2. The third-order valence-electron chi connectivity index (χ3n) is 3.27. The molecule has 20 heavy (non-hydrogen) atoms. The highest BCUT2D eigenvalue weighted by Gasteiger charge is 2.20. The maximum atomic E-state index is 13.2. The highest BCUT2D eigenvalue weighted by atomic mass is 19.1. The van der Waals surface area contributed by atoms with E-state index in [1.165, 1.54) is 12.1 Å². The molecule has 2 aromatic rings. The number of nitrogens with one attached hydrogen (secondary N) is 1. The van der Waals surface area contributed by atoms with E-state index in [2.05, 4.69) is 5.32 Å². The van der Waals surface area contributed by atoms with Gasteiger partial charge in [-0.3, -0.25) is 4.79 Å². The summed E-state index contributed by atoms with van der Waals surface area (Å²) in [5.41, 5.74) is 8.70. The van der Waals surface area contributed by atoms with Gasteiger partial charge in [0.15, 0.2) is 0 Å². The maximum Gasteiger partial charge on any atom is 0.244 e. The second kappa shape index (κ2) is 5.74. The molecule has 0 aliphatic carbocycles. The Labute approximate surface area is 117 Å². The van der Waals surface area contributed by atoms with Crippen LogP contribution in [0.3, 0.4) is 0 Å². The van der Waals surface area contributed by atoms with Crippen LogP contribution in [0.15, 0.2) is 42.5 Å². The molecule has 104 valence electrons. The van der Waals surface area contributed by atoms with Gasteiger partial charge in [0.05, 0.1) is 0 Å². The van der Waals surface area contributed by atoms with E-state index in [1.54, 1.807) is 13.0 Å². The van der Waals surface area contributed by atoms with Crippen molar-refractivity contribution in [2.24, 2.45) is 5.73 Å². The average molecular weight is 272 g/mol. The first-order valence-electron chi connectivity index (χ1n) is 6.36. The molecule has 0 aliphatic heterocycles. The minimum absolute atomic E-state index is 0.328. The number of benzene rings is 2. The molecule has 0 radical (unpaired) electrons. The minimum Gasteiger partial charge on any atom is -0.370 e. The van der Waals surface area contributed by atoms with Crippen molar-refractivity contribution in [2.75, 3.05) is 5.32 Å². The summed E-state index contributed by atoms with van der Waals surface area (Å²) in [5, 5.41) is 3.13. The third-order valence-corrected chi connectivity index (χ3v) is 3.27. The van der Waals surface area contributed by atoms with E-state index >= 15 is 0 Å². The van der Waals surface area contributed by atoms with Gasteiger partial charge in [0, 0.05) is 5.69 Å². The number of hydrogen-bond acceptors (Lipinski definition) is 2. The summed E-state index contributed by atoms with van der Waals surface area (Å²) in [6, 6.07) is 11.3. The highest BCUT2D eigenvalue weighted by molar-refractivity contribution is 5.85. The zero-order valence-electron chi connectivity index (χ0n) is 11.5. The molecular formula is C16H17FN2O.